The zero-order valence-electron chi connectivity index (χ0n) is 12.9. The van der Waals surface area contributed by atoms with Crippen LogP contribution in [0.4, 0.5) is 5.69 Å². The van der Waals surface area contributed by atoms with Crippen LogP contribution in [0.5, 0.6) is 11.5 Å². The number of carbonyl (C=O) groups excluding carboxylic acids is 1. The molecule has 1 N–H and O–H groups in total. The number of benzene rings is 2. The molecule has 0 saturated heterocycles. The number of hydrogen-bond donors (Lipinski definition) is 1. The van der Waals surface area contributed by atoms with Gasteiger partial charge in [0.15, 0.2) is 5.78 Å². The van der Waals surface area contributed by atoms with Crippen LogP contribution in [-0.2, 0) is 4.79 Å². The maximum absolute atomic E-state index is 11.8. The fraction of sp³-hybridized carbons (Fsp3) is 0.158. The van der Waals surface area contributed by atoms with Crippen LogP contribution in [0.2, 0.25) is 5.02 Å². The minimum absolute atomic E-state index is 0.0646. The Labute approximate surface area is 145 Å². The average molecular weight is 342 g/mol. The molecule has 122 valence electrons. The highest BCUT2D eigenvalue weighted by atomic mass is 35.5. The Morgan fingerprint density at radius 1 is 1.00 bits per heavy atom. The number of Topliss-reactive ketones (excluding diaryl/α,β-unsaturated/α-hetero) is 1. The van der Waals surface area contributed by atoms with Gasteiger partial charge in [-0.3, -0.25) is 9.79 Å². The number of halogens is 1. The molecule has 5 heteroatoms. The maximum Gasteiger partial charge on any atom is 0.167 e. The summed E-state index contributed by atoms with van der Waals surface area (Å²) < 4.78 is 5.70. The van der Waals surface area contributed by atoms with Gasteiger partial charge in [-0.05, 0) is 55.0 Å². The number of nitrogens with zero attached hydrogens (tertiary/aromatic N) is 1. The topological polar surface area (TPSA) is 58.9 Å². The van der Waals surface area contributed by atoms with Crippen LogP contribution in [0, 0.1) is 0 Å². The molecule has 0 aromatic heterocycles. The fourth-order valence-corrected chi connectivity index (χ4v) is 2.50. The van der Waals surface area contributed by atoms with E-state index in [0.717, 1.165) is 0 Å². The summed E-state index contributed by atoms with van der Waals surface area (Å²) in [4.78, 5) is 16.0. The number of allylic oxidation sites excluding steroid dienone is 2. The highest BCUT2D eigenvalue weighted by Crippen LogP contribution is 2.25. The van der Waals surface area contributed by atoms with E-state index in [2.05, 4.69) is 4.99 Å². The second-order valence-electron chi connectivity index (χ2n) is 5.45. The Morgan fingerprint density at radius 3 is 2.25 bits per heavy atom. The van der Waals surface area contributed by atoms with Crippen LogP contribution in [0.25, 0.3) is 0 Å². The summed E-state index contributed by atoms with van der Waals surface area (Å²) in [7, 11) is 0. The van der Waals surface area contributed by atoms with Gasteiger partial charge in [0.2, 0.25) is 0 Å². The zero-order valence-corrected chi connectivity index (χ0v) is 13.7. The summed E-state index contributed by atoms with van der Waals surface area (Å²) in [5, 5.41) is 10.4. The second-order valence-corrected chi connectivity index (χ2v) is 5.88. The van der Waals surface area contributed by atoms with Crippen molar-refractivity contribution in [2.24, 2.45) is 4.99 Å². The number of carbonyl (C=O) groups is 1. The third-order valence-electron chi connectivity index (χ3n) is 3.66. The van der Waals surface area contributed by atoms with E-state index in [1.807, 2.05) is 0 Å². The Morgan fingerprint density at radius 2 is 1.62 bits per heavy atom. The number of ether oxygens (including phenoxy) is 1. The number of hydrogen-bond acceptors (Lipinski definition) is 4. The lowest BCUT2D eigenvalue weighted by atomic mass is 9.97. The van der Waals surface area contributed by atoms with Gasteiger partial charge in [-0.15, -0.1) is 0 Å². The van der Waals surface area contributed by atoms with Crippen LogP contribution in [0.1, 0.15) is 19.3 Å². The van der Waals surface area contributed by atoms with Crippen LogP contribution in [-0.4, -0.2) is 17.1 Å². The fourth-order valence-electron chi connectivity index (χ4n) is 2.37. The van der Waals surface area contributed by atoms with Crippen molar-refractivity contribution in [1.82, 2.24) is 0 Å². The molecule has 0 spiro atoms. The number of aliphatic hydroxyl groups is 1. The SMILES string of the molecule is O=C1CCCC(O)=C1C=Nc1ccc(Oc2ccc(Cl)cc2)cc1. The van der Waals surface area contributed by atoms with Gasteiger partial charge in [0, 0.05) is 24.1 Å². The van der Waals surface area contributed by atoms with E-state index in [1.165, 1.54) is 6.21 Å². The van der Waals surface area contributed by atoms with Crippen molar-refractivity contribution >= 4 is 29.3 Å². The van der Waals surface area contributed by atoms with Crippen molar-refractivity contribution in [3.05, 3.63) is 64.9 Å². The molecule has 2 aromatic rings. The summed E-state index contributed by atoms with van der Waals surface area (Å²) in [6.45, 7) is 0. The highest BCUT2D eigenvalue weighted by Gasteiger charge is 2.18. The van der Waals surface area contributed by atoms with Gasteiger partial charge in [-0.2, -0.15) is 0 Å². The van der Waals surface area contributed by atoms with Crippen LogP contribution in [0.3, 0.4) is 0 Å². The van der Waals surface area contributed by atoms with Gasteiger partial charge in [-0.25, -0.2) is 0 Å². The van der Waals surface area contributed by atoms with E-state index >= 15 is 0 Å². The molecule has 0 heterocycles. The predicted molar refractivity (Wildman–Crippen MR) is 94.6 cm³/mol. The Hall–Kier alpha value is -2.59. The van der Waals surface area contributed by atoms with Crippen molar-refractivity contribution in [1.29, 1.82) is 0 Å². The largest absolute Gasteiger partial charge is 0.512 e. The van der Waals surface area contributed by atoms with Crippen molar-refractivity contribution < 1.29 is 14.6 Å². The number of rotatable bonds is 4. The molecule has 2 aromatic carbocycles. The van der Waals surface area contributed by atoms with Crippen molar-refractivity contribution in [2.45, 2.75) is 19.3 Å². The standard InChI is InChI=1S/C19H16ClNO3/c20-13-4-8-15(9-5-13)24-16-10-6-14(7-11-16)21-12-17-18(22)2-1-3-19(17)23/h4-12,22H,1-3H2. The van der Waals surface area contributed by atoms with E-state index in [0.29, 0.717) is 47.0 Å². The van der Waals surface area contributed by atoms with E-state index in [9.17, 15) is 9.90 Å². The van der Waals surface area contributed by atoms with Crippen LogP contribution in [0.15, 0.2) is 64.9 Å². The van der Waals surface area contributed by atoms with Gasteiger partial charge in [0.25, 0.3) is 0 Å². The molecule has 0 atom stereocenters. The zero-order chi connectivity index (χ0) is 16.9. The monoisotopic (exact) mass is 341 g/mol. The lowest BCUT2D eigenvalue weighted by Crippen LogP contribution is -2.12. The summed E-state index contributed by atoms with van der Waals surface area (Å²) in [6.07, 6.45) is 3.12. The Balaban J connectivity index is 1.69. The summed E-state index contributed by atoms with van der Waals surface area (Å²) in [6, 6.07) is 14.3. The first-order chi connectivity index (χ1) is 11.6. The first kappa shape index (κ1) is 16.3. The number of aliphatic hydroxyl groups excluding tert-OH is 1. The molecule has 1 aliphatic rings. The Kier molecular flexibility index (Phi) is 4.96. The molecule has 0 aliphatic heterocycles. The van der Waals surface area contributed by atoms with Gasteiger partial charge >= 0.3 is 0 Å². The molecular weight excluding hydrogens is 326 g/mol. The molecule has 4 nitrogen and oxygen atoms in total. The lowest BCUT2D eigenvalue weighted by Gasteiger charge is -2.11. The Bertz CT molecular complexity index is 792. The first-order valence-electron chi connectivity index (χ1n) is 7.65. The number of ketones is 1. The molecule has 0 bridgehead atoms. The molecule has 0 fully saturated rings. The minimum Gasteiger partial charge on any atom is -0.512 e. The van der Waals surface area contributed by atoms with Crippen LogP contribution < -0.4 is 4.74 Å². The maximum atomic E-state index is 11.8. The van der Waals surface area contributed by atoms with Crippen molar-refractivity contribution in [3.63, 3.8) is 0 Å². The third-order valence-corrected chi connectivity index (χ3v) is 3.91. The summed E-state index contributed by atoms with van der Waals surface area (Å²) >= 11 is 5.84. The van der Waals surface area contributed by atoms with E-state index in [-0.39, 0.29) is 11.5 Å². The molecule has 0 amide bonds. The predicted octanol–water partition coefficient (Wildman–Crippen LogP) is 5.40. The smallest absolute Gasteiger partial charge is 0.167 e. The minimum atomic E-state index is -0.0646. The quantitative estimate of drug-likeness (QED) is 0.757. The first-order valence-corrected chi connectivity index (χ1v) is 8.02. The molecule has 0 radical (unpaired) electrons. The molecule has 3 rings (SSSR count). The summed E-state index contributed by atoms with van der Waals surface area (Å²) in [5.41, 5.74) is 0.986. The molecule has 24 heavy (non-hydrogen) atoms. The van der Waals surface area contributed by atoms with Gasteiger partial charge in [0.1, 0.15) is 17.3 Å². The van der Waals surface area contributed by atoms with Gasteiger partial charge in [-0.1, -0.05) is 11.6 Å². The lowest BCUT2D eigenvalue weighted by molar-refractivity contribution is -0.115. The van der Waals surface area contributed by atoms with Crippen molar-refractivity contribution in [2.75, 3.05) is 0 Å². The van der Waals surface area contributed by atoms with Crippen LogP contribution >= 0.6 is 11.6 Å². The second kappa shape index (κ2) is 7.32. The van der Waals surface area contributed by atoms with E-state index in [4.69, 9.17) is 16.3 Å². The summed E-state index contributed by atoms with van der Waals surface area (Å²) in [5.74, 6) is 1.42. The van der Waals surface area contributed by atoms with E-state index in [1.54, 1.807) is 48.5 Å². The number of aliphatic imine (C=N–C) groups is 1. The normalized spacial score (nSPS) is 15.1. The third kappa shape index (κ3) is 4.03. The molecule has 0 unspecified atom stereocenters. The molecular formula is C19H16ClNO3. The highest BCUT2D eigenvalue weighted by molar-refractivity contribution is 6.30. The van der Waals surface area contributed by atoms with Crippen molar-refractivity contribution in [3.8, 4) is 11.5 Å². The molecule has 0 saturated carbocycles. The average Bonchev–Trinajstić information content (AvgIpc) is 2.58. The molecule has 1 aliphatic carbocycles. The van der Waals surface area contributed by atoms with Gasteiger partial charge in [0.05, 0.1) is 11.3 Å². The van der Waals surface area contributed by atoms with Gasteiger partial charge < -0.3 is 9.84 Å². The van der Waals surface area contributed by atoms with E-state index < -0.39 is 0 Å².